The summed E-state index contributed by atoms with van der Waals surface area (Å²) in [6.07, 6.45) is -4.01. The number of hydrogen-bond acceptors (Lipinski definition) is 3. The zero-order valence-corrected chi connectivity index (χ0v) is 12.0. The van der Waals surface area contributed by atoms with Crippen molar-refractivity contribution in [3.05, 3.63) is 0 Å². The van der Waals surface area contributed by atoms with Gasteiger partial charge in [0.1, 0.15) is 12.6 Å². The second kappa shape index (κ2) is 6.55. The van der Waals surface area contributed by atoms with Crippen LogP contribution in [-0.4, -0.2) is 63.3 Å². The first-order valence-corrected chi connectivity index (χ1v) is 7.24. The number of thioether (sulfide) groups is 1. The Kier molecular flexibility index (Phi) is 5.55. The number of halogens is 3. The SMILES string of the molecule is CCC1SCC(C(=O)O)N1C(=O)N(CC)CC(F)(F)F. The molecular formula is C11H17F3N2O3S. The molecule has 1 aliphatic heterocycles. The second-order valence-electron chi connectivity index (χ2n) is 4.37. The van der Waals surface area contributed by atoms with Crippen molar-refractivity contribution in [2.45, 2.75) is 37.9 Å². The lowest BCUT2D eigenvalue weighted by molar-refractivity contribution is -0.144. The molecule has 2 unspecified atom stereocenters. The van der Waals surface area contributed by atoms with E-state index in [2.05, 4.69) is 0 Å². The van der Waals surface area contributed by atoms with Gasteiger partial charge in [-0.15, -0.1) is 11.8 Å². The van der Waals surface area contributed by atoms with Gasteiger partial charge >= 0.3 is 18.2 Å². The monoisotopic (exact) mass is 314 g/mol. The number of carbonyl (C=O) groups is 2. The highest BCUT2D eigenvalue weighted by atomic mass is 32.2. The molecule has 0 saturated carbocycles. The van der Waals surface area contributed by atoms with Crippen LogP contribution >= 0.6 is 11.8 Å². The molecule has 0 aliphatic carbocycles. The van der Waals surface area contributed by atoms with Crippen molar-refractivity contribution >= 4 is 23.8 Å². The van der Waals surface area contributed by atoms with Crippen LogP contribution in [0.3, 0.4) is 0 Å². The van der Waals surface area contributed by atoms with Crippen LogP contribution in [0.2, 0.25) is 0 Å². The smallest absolute Gasteiger partial charge is 0.406 e. The van der Waals surface area contributed by atoms with E-state index < -0.39 is 36.1 Å². The minimum atomic E-state index is -4.50. The number of nitrogens with zero attached hydrogens (tertiary/aromatic N) is 2. The van der Waals surface area contributed by atoms with Crippen molar-refractivity contribution in [2.24, 2.45) is 0 Å². The lowest BCUT2D eigenvalue weighted by Crippen LogP contribution is -2.53. The van der Waals surface area contributed by atoms with Gasteiger partial charge in [-0.3, -0.25) is 4.90 Å². The lowest BCUT2D eigenvalue weighted by Gasteiger charge is -2.33. The standard InChI is InChI=1S/C11H17F3N2O3S/c1-3-8-16(7(5-20-8)9(17)18)10(19)15(4-2)6-11(12,13)14/h7-8H,3-6H2,1-2H3,(H,17,18). The Labute approximate surface area is 119 Å². The predicted molar refractivity (Wildman–Crippen MR) is 68.5 cm³/mol. The van der Waals surface area contributed by atoms with Gasteiger partial charge < -0.3 is 10.0 Å². The highest BCUT2D eigenvalue weighted by Gasteiger charge is 2.44. The highest BCUT2D eigenvalue weighted by molar-refractivity contribution is 8.00. The zero-order chi connectivity index (χ0) is 15.5. The molecule has 9 heteroatoms. The van der Waals surface area contributed by atoms with Crippen molar-refractivity contribution in [1.29, 1.82) is 0 Å². The fourth-order valence-corrected chi connectivity index (χ4v) is 3.36. The molecule has 5 nitrogen and oxygen atoms in total. The molecular weight excluding hydrogens is 297 g/mol. The molecule has 0 aromatic rings. The van der Waals surface area contributed by atoms with Gasteiger partial charge in [-0.25, -0.2) is 9.59 Å². The Morgan fingerprint density at radius 2 is 2.00 bits per heavy atom. The van der Waals surface area contributed by atoms with Gasteiger partial charge in [-0.2, -0.15) is 13.2 Å². The highest BCUT2D eigenvalue weighted by Crippen LogP contribution is 2.32. The first-order valence-electron chi connectivity index (χ1n) is 6.19. The summed E-state index contributed by atoms with van der Waals surface area (Å²) in [6.45, 7) is 1.71. The van der Waals surface area contributed by atoms with Gasteiger partial charge in [0.05, 0.1) is 5.37 Å². The Morgan fingerprint density at radius 1 is 1.40 bits per heavy atom. The van der Waals surface area contributed by atoms with Crippen molar-refractivity contribution in [3.63, 3.8) is 0 Å². The fourth-order valence-electron chi connectivity index (χ4n) is 2.02. The van der Waals surface area contributed by atoms with Crippen LogP contribution in [0, 0.1) is 0 Å². The normalized spacial score (nSPS) is 22.9. The van der Waals surface area contributed by atoms with Crippen LogP contribution in [0.25, 0.3) is 0 Å². The molecule has 0 radical (unpaired) electrons. The molecule has 2 atom stereocenters. The molecule has 1 N–H and O–H groups in total. The van der Waals surface area contributed by atoms with E-state index in [1.54, 1.807) is 6.92 Å². The first-order chi connectivity index (χ1) is 9.21. The molecule has 0 aromatic carbocycles. The van der Waals surface area contributed by atoms with E-state index >= 15 is 0 Å². The van der Waals surface area contributed by atoms with E-state index in [0.29, 0.717) is 11.3 Å². The maximum atomic E-state index is 12.4. The molecule has 116 valence electrons. The summed E-state index contributed by atoms with van der Waals surface area (Å²) in [6, 6.07) is -1.94. The summed E-state index contributed by atoms with van der Waals surface area (Å²) >= 11 is 1.28. The number of aliphatic carboxylic acids is 1. The Hall–Kier alpha value is -1.12. The number of urea groups is 1. The van der Waals surface area contributed by atoms with Crippen molar-refractivity contribution < 1.29 is 27.9 Å². The maximum Gasteiger partial charge on any atom is 0.406 e. The number of rotatable bonds is 4. The number of hydrogen-bond donors (Lipinski definition) is 1. The van der Waals surface area contributed by atoms with E-state index in [4.69, 9.17) is 5.11 Å². The third kappa shape index (κ3) is 3.94. The number of carbonyl (C=O) groups excluding carboxylic acids is 1. The molecule has 0 spiro atoms. The number of alkyl halides is 3. The Bertz CT molecular complexity index is 378. The van der Waals surface area contributed by atoms with Gasteiger partial charge in [-0.05, 0) is 13.3 Å². The number of carboxylic acids is 1. The summed E-state index contributed by atoms with van der Waals surface area (Å²) in [7, 11) is 0. The van der Waals surface area contributed by atoms with E-state index in [0.717, 1.165) is 4.90 Å². The number of carboxylic acid groups (broad SMARTS) is 1. The average Bonchev–Trinajstić information content (AvgIpc) is 2.77. The molecule has 1 heterocycles. The van der Waals surface area contributed by atoms with Gasteiger partial charge in [0.2, 0.25) is 0 Å². The van der Waals surface area contributed by atoms with Crippen LogP contribution in [0.1, 0.15) is 20.3 Å². The minimum absolute atomic E-state index is 0.123. The summed E-state index contributed by atoms with van der Waals surface area (Å²) in [5, 5.41) is 8.69. The average molecular weight is 314 g/mol. The fraction of sp³-hybridized carbons (Fsp3) is 0.818. The van der Waals surface area contributed by atoms with E-state index in [9.17, 15) is 22.8 Å². The molecule has 2 amide bonds. The molecule has 0 bridgehead atoms. The molecule has 0 aromatic heterocycles. The zero-order valence-electron chi connectivity index (χ0n) is 11.2. The van der Waals surface area contributed by atoms with E-state index in [1.807, 2.05) is 0 Å². The van der Waals surface area contributed by atoms with E-state index in [-0.39, 0.29) is 12.3 Å². The third-order valence-electron chi connectivity index (χ3n) is 2.97. The molecule has 1 fully saturated rings. The summed E-state index contributed by atoms with van der Waals surface area (Å²) < 4.78 is 37.3. The van der Waals surface area contributed by atoms with Crippen LogP contribution in [0.5, 0.6) is 0 Å². The van der Waals surface area contributed by atoms with Crippen molar-refractivity contribution in [3.8, 4) is 0 Å². The van der Waals surface area contributed by atoms with Gasteiger partial charge in [0, 0.05) is 12.3 Å². The van der Waals surface area contributed by atoms with Gasteiger partial charge in [-0.1, -0.05) is 6.92 Å². The van der Waals surface area contributed by atoms with Crippen molar-refractivity contribution in [2.75, 3.05) is 18.8 Å². The molecule has 1 saturated heterocycles. The summed E-state index contributed by atoms with van der Waals surface area (Å²) in [4.78, 5) is 25.0. The first kappa shape index (κ1) is 16.9. The predicted octanol–water partition coefficient (Wildman–Crippen LogP) is 2.23. The van der Waals surface area contributed by atoms with Crippen LogP contribution in [0.15, 0.2) is 0 Å². The topological polar surface area (TPSA) is 60.9 Å². The Morgan fingerprint density at radius 3 is 2.40 bits per heavy atom. The second-order valence-corrected chi connectivity index (χ2v) is 5.58. The van der Waals surface area contributed by atoms with Crippen LogP contribution < -0.4 is 0 Å². The molecule has 20 heavy (non-hydrogen) atoms. The molecule has 1 rings (SSSR count). The van der Waals surface area contributed by atoms with E-state index in [1.165, 1.54) is 18.7 Å². The van der Waals surface area contributed by atoms with Crippen LogP contribution in [-0.2, 0) is 4.79 Å². The van der Waals surface area contributed by atoms with Gasteiger partial charge in [0.25, 0.3) is 0 Å². The lowest BCUT2D eigenvalue weighted by atomic mass is 10.2. The van der Waals surface area contributed by atoms with Gasteiger partial charge in [0.15, 0.2) is 0 Å². The third-order valence-corrected chi connectivity index (χ3v) is 4.42. The summed E-state index contributed by atoms with van der Waals surface area (Å²) in [5.41, 5.74) is 0. The van der Waals surface area contributed by atoms with Crippen molar-refractivity contribution in [1.82, 2.24) is 9.80 Å². The summed E-state index contributed by atoms with van der Waals surface area (Å²) in [5.74, 6) is -0.992. The Balaban J connectivity index is 2.92. The largest absolute Gasteiger partial charge is 0.480 e. The minimum Gasteiger partial charge on any atom is -0.480 e. The number of amides is 2. The maximum absolute atomic E-state index is 12.4. The van der Waals surface area contributed by atoms with Crippen LogP contribution in [0.4, 0.5) is 18.0 Å². The molecule has 1 aliphatic rings. The quantitative estimate of drug-likeness (QED) is 0.864.